The lowest BCUT2D eigenvalue weighted by Gasteiger charge is -2.10. The maximum atomic E-state index is 11.8. The summed E-state index contributed by atoms with van der Waals surface area (Å²) in [6, 6.07) is 13.1. The van der Waals surface area contributed by atoms with Crippen molar-refractivity contribution in [2.45, 2.75) is 20.4 Å². The Morgan fingerprint density at radius 2 is 2.04 bits per heavy atom. The summed E-state index contributed by atoms with van der Waals surface area (Å²) >= 11 is 0. The average Bonchev–Trinajstić information content (AvgIpc) is 3.08. The zero-order valence-corrected chi connectivity index (χ0v) is 14.4. The highest BCUT2D eigenvalue weighted by molar-refractivity contribution is 6.00. The van der Waals surface area contributed by atoms with Gasteiger partial charge < -0.3 is 14.6 Å². The summed E-state index contributed by atoms with van der Waals surface area (Å²) < 4.78 is 10.5. The minimum absolute atomic E-state index is 0.0169. The van der Waals surface area contributed by atoms with E-state index in [1.165, 1.54) is 0 Å². The standard InChI is InChI=1S/C19H19N3O3/c1-12-6-4-9-16(18(12)13(2)23)20-11-17-21-19(22-25-17)14-7-5-8-15(10-14)24-3/h4-10,20H,11H2,1-3H3. The molecule has 0 radical (unpaired) electrons. The van der Waals surface area contributed by atoms with E-state index in [4.69, 9.17) is 9.26 Å². The molecule has 0 saturated carbocycles. The second kappa shape index (κ2) is 7.17. The number of aryl methyl sites for hydroxylation is 1. The summed E-state index contributed by atoms with van der Waals surface area (Å²) in [6.07, 6.45) is 0. The van der Waals surface area contributed by atoms with Crippen LogP contribution in [-0.4, -0.2) is 23.0 Å². The van der Waals surface area contributed by atoms with Gasteiger partial charge in [-0.25, -0.2) is 0 Å². The lowest BCUT2D eigenvalue weighted by atomic mass is 10.0. The number of nitrogens with zero attached hydrogens (tertiary/aromatic N) is 2. The van der Waals surface area contributed by atoms with Crippen molar-refractivity contribution in [3.05, 3.63) is 59.5 Å². The van der Waals surface area contributed by atoms with Crippen LogP contribution in [-0.2, 0) is 6.54 Å². The number of Topliss-reactive ketones (excluding diaryl/α,β-unsaturated/α-hetero) is 1. The first-order valence-electron chi connectivity index (χ1n) is 7.90. The van der Waals surface area contributed by atoms with E-state index >= 15 is 0 Å². The van der Waals surface area contributed by atoms with E-state index < -0.39 is 0 Å². The van der Waals surface area contributed by atoms with Crippen molar-refractivity contribution in [3.63, 3.8) is 0 Å². The highest BCUT2D eigenvalue weighted by atomic mass is 16.5. The molecule has 0 atom stereocenters. The van der Waals surface area contributed by atoms with Crippen molar-refractivity contribution in [2.24, 2.45) is 0 Å². The van der Waals surface area contributed by atoms with Crippen LogP contribution in [0.15, 0.2) is 47.0 Å². The molecule has 3 aromatic rings. The van der Waals surface area contributed by atoms with Crippen LogP contribution in [0.3, 0.4) is 0 Å². The van der Waals surface area contributed by atoms with Gasteiger partial charge in [0.2, 0.25) is 11.7 Å². The fraction of sp³-hybridized carbons (Fsp3) is 0.211. The Labute approximate surface area is 145 Å². The fourth-order valence-electron chi connectivity index (χ4n) is 2.66. The number of ketones is 1. The van der Waals surface area contributed by atoms with Crippen LogP contribution in [0.25, 0.3) is 11.4 Å². The summed E-state index contributed by atoms with van der Waals surface area (Å²) in [6.45, 7) is 3.80. The van der Waals surface area contributed by atoms with Crippen LogP contribution in [0.5, 0.6) is 5.75 Å². The summed E-state index contributed by atoms with van der Waals surface area (Å²) in [5.41, 5.74) is 3.18. The number of carbonyl (C=O) groups is 1. The van der Waals surface area contributed by atoms with E-state index in [0.717, 1.165) is 22.6 Å². The van der Waals surface area contributed by atoms with Gasteiger partial charge in [0.25, 0.3) is 0 Å². The molecule has 128 valence electrons. The van der Waals surface area contributed by atoms with Crippen LogP contribution in [0, 0.1) is 6.92 Å². The van der Waals surface area contributed by atoms with Crippen LogP contribution in [0.2, 0.25) is 0 Å². The van der Waals surface area contributed by atoms with Crippen LogP contribution < -0.4 is 10.1 Å². The van der Waals surface area contributed by atoms with Crippen LogP contribution in [0.4, 0.5) is 5.69 Å². The van der Waals surface area contributed by atoms with Gasteiger partial charge in [0.1, 0.15) is 5.75 Å². The smallest absolute Gasteiger partial charge is 0.246 e. The molecule has 0 aliphatic rings. The summed E-state index contributed by atoms with van der Waals surface area (Å²) in [4.78, 5) is 16.2. The number of aromatic nitrogens is 2. The monoisotopic (exact) mass is 337 g/mol. The van der Waals surface area contributed by atoms with Crippen molar-refractivity contribution in [2.75, 3.05) is 12.4 Å². The highest BCUT2D eigenvalue weighted by Gasteiger charge is 2.13. The van der Waals surface area contributed by atoms with E-state index in [-0.39, 0.29) is 5.78 Å². The Morgan fingerprint density at radius 3 is 2.80 bits per heavy atom. The summed E-state index contributed by atoms with van der Waals surface area (Å²) in [5, 5.41) is 7.20. The normalized spacial score (nSPS) is 10.5. The van der Waals surface area contributed by atoms with E-state index in [2.05, 4.69) is 15.5 Å². The van der Waals surface area contributed by atoms with Gasteiger partial charge in [-0.2, -0.15) is 4.98 Å². The molecule has 1 aromatic heterocycles. The quantitative estimate of drug-likeness (QED) is 0.688. The summed E-state index contributed by atoms with van der Waals surface area (Å²) in [7, 11) is 1.61. The second-order valence-electron chi connectivity index (χ2n) is 5.65. The van der Waals surface area contributed by atoms with Crippen molar-refractivity contribution in [1.82, 2.24) is 10.1 Å². The first kappa shape index (κ1) is 16.7. The van der Waals surface area contributed by atoms with E-state index in [0.29, 0.717) is 23.8 Å². The minimum Gasteiger partial charge on any atom is -0.497 e. The predicted octanol–water partition coefficient (Wildman–Crippen LogP) is 3.87. The number of nitrogens with one attached hydrogen (secondary N) is 1. The minimum atomic E-state index is 0.0169. The van der Waals surface area contributed by atoms with E-state index in [1.807, 2.05) is 49.4 Å². The number of anilines is 1. The van der Waals surface area contributed by atoms with Crippen molar-refractivity contribution < 1.29 is 14.1 Å². The Kier molecular flexibility index (Phi) is 4.79. The first-order valence-corrected chi connectivity index (χ1v) is 7.90. The Balaban J connectivity index is 1.77. The Bertz CT molecular complexity index is 902. The molecule has 0 spiro atoms. The molecule has 25 heavy (non-hydrogen) atoms. The molecule has 3 rings (SSSR count). The molecular formula is C19H19N3O3. The van der Waals surface area contributed by atoms with Gasteiger partial charge in [0.15, 0.2) is 5.78 Å². The number of hydrogen-bond acceptors (Lipinski definition) is 6. The molecular weight excluding hydrogens is 318 g/mol. The molecule has 0 saturated heterocycles. The molecule has 1 heterocycles. The van der Waals surface area contributed by atoms with Gasteiger partial charge in [0.05, 0.1) is 13.7 Å². The van der Waals surface area contributed by atoms with Crippen molar-refractivity contribution >= 4 is 11.5 Å². The van der Waals surface area contributed by atoms with Gasteiger partial charge in [0, 0.05) is 16.8 Å². The van der Waals surface area contributed by atoms with Gasteiger partial charge >= 0.3 is 0 Å². The van der Waals surface area contributed by atoms with Crippen LogP contribution in [0.1, 0.15) is 28.7 Å². The predicted molar refractivity (Wildman–Crippen MR) is 94.8 cm³/mol. The second-order valence-corrected chi connectivity index (χ2v) is 5.65. The van der Waals surface area contributed by atoms with Gasteiger partial charge in [-0.1, -0.05) is 29.4 Å². The number of hydrogen-bond donors (Lipinski definition) is 1. The van der Waals surface area contributed by atoms with Crippen LogP contribution >= 0.6 is 0 Å². The van der Waals surface area contributed by atoms with Gasteiger partial charge in [-0.3, -0.25) is 4.79 Å². The topological polar surface area (TPSA) is 77.3 Å². The molecule has 0 fully saturated rings. The number of benzene rings is 2. The number of methoxy groups -OCH3 is 1. The zero-order chi connectivity index (χ0) is 17.8. The van der Waals surface area contributed by atoms with Gasteiger partial charge in [-0.05, 0) is 37.6 Å². The largest absolute Gasteiger partial charge is 0.497 e. The lowest BCUT2D eigenvalue weighted by molar-refractivity contribution is 0.101. The SMILES string of the molecule is COc1cccc(-c2noc(CNc3cccc(C)c3C(C)=O)n2)c1. The number of rotatable bonds is 6. The molecule has 6 nitrogen and oxygen atoms in total. The summed E-state index contributed by atoms with van der Waals surface area (Å²) in [5.74, 6) is 1.68. The first-order chi connectivity index (χ1) is 12.1. The number of ether oxygens (including phenoxy) is 1. The molecule has 2 aromatic carbocycles. The number of carbonyl (C=O) groups excluding carboxylic acids is 1. The highest BCUT2D eigenvalue weighted by Crippen LogP contribution is 2.23. The molecule has 0 bridgehead atoms. The molecule has 1 N–H and O–H groups in total. The average molecular weight is 337 g/mol. The maximum Gasteiger partial charge on any atom is 0.246 e. The van der Waals surface area contributed by atoms with Gasteiger partial charge in [-0.15, -0.1) is 0 Å². The molecule has 0 amide bonds. The molecule has 0 unspecified atom stereocenters. The molecule has 0 aliphatic heterocycles. The lowest BCUT2D eigenvalue weighted by Crippen LogP contribution is -2.06. The maximum absolute atomic E-state index is 11.8. The third-order valence-corrected chi connectivity index (χ3v) is 3.85. The molecule has 6 heteroatoms. The third kappa shape index (κ3) is 3.68. The third-order valence-electron chi connectivity index (χ3n) is 3.85. The van der Waals surface area contributed by atoms with E-state index in [9.17, 15) is 4.79 Å². The fourth-order valence-corrected chi connectivity index (χ4v) is 2.66. The Morgan fingerprint density at radius 1 is 1.24 bits per heavy atom. The Hall–Kier alpha value is -3.15. The van der Waals surface area contributed by atoms with E-state index in [1.54, 1.807) is 14.0 Å². The van der Waals surface area contributed by atoms with Crippen molar-refractivity contribution in [3.8, 4) is 17.1 Å². The molecule has 0 aliphatic carbocycles. The zero-order valence-electron chi connectivity index (χ0n) is 14.4. The van der Waals surface area contributed by atoms with Crippen molar-refractivity contribution in [1.29, 1.82) is 0 Å².